The van der Waals surface area contributed by atoms with Crippen LogP contribution in [-0.4, -0.2) is 16.5 Å². The fraction of sp³-hybridized carbons (Fsp3) is 0.762. The van der Waals surface area contributed by atoms with E-state index in [0.29, 0.717) is 29.5 Å². The third kappa shape index (κ3) is 1.96. The van der Waals surface area contributed by atoms with E-state index in [1.54, 1.807) is 0 Å². The van der Waals surface area contributed by atoms with Crippen molar-refractivity contribution < 1.29 is 9.90 Å². The normalized spacial score (nSPS) is 48.7. The van der Waals surface area contributed by atoms with Crippen LogP contribution in [-0.2, 0) is 4.79 Å². The second-order valence-corrected chi connectivity index (χ2v) is 8.40. The lowest BCUT2D eigenvalue weighted by molar-refractivity contribution is -0.117. The van der Waals surface area contributed by atoms with Gasteiger partial charge in [0.15, 0.2) is 5.78 Å². The van der Waals surface area contributed by atoms with Gasteiger partial charge in [0.1, 0.15) is 5.60 Å². The Morgan fingerprint density at radius 1 is 1.22 bits per heavy atom. The zero-order valence-electron chi connectivity index (χ0n) is 14.2. The van der Waals surface area contributed by atoms with E-state index in [1.165, 1.54) is 18.4 Å². The van der Waals surface area contributed by atoms with Crippen molar-refractivity contribution in [2.75, 3.05) is 0 Å². The second kappa shape index (κ2) is 5.21. The van der Waals surface area contributed by atoms with E-state index in [2.05, 4.69) is 12.8 Å². The van der Waals surface area contributed by atoms with E-state index in [9.17, 15) is 9.90 Å². The molecule has 0 aromatic rings. The zero-order valence-corrected chi connectivity index (χ0v) is 14.2. The summed E-state index contributed by atoms with van der Waals surface area (Å²) in [7, 11) is 0. The standard InChI is InChI=1S/C21H28O2/c1-3-20-11-9-17-16-8-6-15(22)13-14(16)5-7-18(17)19(20)10-12-21(20,23)4-2/h2,13,16-19,23H,3,5-12H2,1H3/t16-,17-,18+,19+,20-,21-/m0/s1. The number of hydrogen-bond donors (Lipinski definition) is 1. The highest BCUT2D eigenvalue weighted by molar-refractivity contribution is 5.91. The average molecular weight is 312 g/mol. The number of carbonyl (C=O) groups excluding carboxylic acids is 1. The summed E-state index contributed by atoms with van der Waals surface area (Å²) in [6.07, 6.45) is 16.9. The molecule has 3 fully saturated rings. The Balaban J connectivity index is 1.67. The van der Waals surface area contributed by atoms with Gasteiger partial charge in [-0.25, -0.2) is 0 Å². The minimum absolute atomic E-state index is 0.0609. The highest BCUT2D eigenvalue weighted by atomic mass is 16.3. The molecular formula is C21H28O2. The van der Waals surface area contributed by atoms with Gasteiger partial charge in [0.25, 0.3) is 0 Å². The fourth-order valence-corrected chi connectivity index (χ4v) is 6.96. The van der Waals surface area contributed by atoms with Gasteiger partial charge in [0, 0.05) is 11.8 Å². The van der Waals surface area contributed by atoms with Crippen molar-refractivity contribution in [2.24, 2.45) is 29.1 Å². The molecule has 6 atom stereocenters. The van der Waals surface area contributed by atoms with Crippen molar-refractivity contribution in [1.29, 1.82) is 0 Å². The van der Waals surface area contributed by atoms with Crippen molar-refractivity contribution in [3.63, 3.8) is 0 Å². The van der Waals surface area contributed by atoms with Crippen LogP contribution in [0.4, 0.5) is 0 Å². The molecule has 0 bridgehead atoms. The summed E-state index contributed by atoms with van der Waals surface area (Å²) in [6, 6.07) is 0. The molecule has 0 amide bonds. The van der Waals surface area contributed by atoms with Gasteiger partial charge in [-0.2, -0.15) is 0 Å². The summed E-state index contributed by atoms with van der Waals surface area (Å²) in [6.45, 7) is 2.22. The lowest BCUT2D eigenvalue weighted by Crippen LogP contribution is -2.53. The first-order chi connectivity index (χ1) is 11.0. The molecule has 0 unspecified atom stereocenters. The predicted octanol–water partition coefficient (Wildman–Crippen LogP) is 3.88. The van der Waals surface area contributed by atoms with Crippen LogP contribution in [0.1, 0.15) is 64.7 Å². The SMILES string of the molecule is C#C[C@]1(O)CC[C@@H]2[C@@H]3CCC4=CC(=O)CC[C@@H]4[C@@H]3CC[C@@]21CC. The van der Waals surface area contributed by atoms with Crippen LogP contribution in [0.5, 0.6) is 0 Å². The Morgan fingerprint density at radius 3 is 2.78 bits per heavy atom. The summed E-state index contributed by atoms with van der Waals surface area (Å²) < 4.78 is 0. The third-order valence-electron chi connectivity index (χ3n) is 8.02. The van der Waals surface area contributed by atoms with Crippen molar-refractivity contribution in [3.8, 4) is 12.3 Å². The van der Waals surface area contributed by atoms with E-state index in [4.69, 9.17) is 6.42 Å². The van der Waals surface area contributed by atoms with Crippen LogP contribution in [0.3, 0.4) is 0 Å². The van der Waals surface area contributed by atoms with E-state index in [1.807, 2.05) is 6.08 Å². The minimum Gasteiger partial charge on any atom is -0.377 e. The molecule has 4 aliphatic carbocycles. The Labute approximate surface area is 139 Å². The molecule has 23 heavy (non-hydrogen) atoms. The number of carbonyl (C=O) groups is 1. The number of allylic oxidation sites excluding steroid dienone is 1. The van der Waals surface area contributed by atoms with Gasteiger partial charge < -0.3 is 5.11 Å². The van der Waals surface area contributed by atoms with E-state index >= 15 is 0 Å². The van der Waals surface area contributed by atoms with Crippen LogP contribution in [0.15, 0.2) is 11.6 Å². The molecule has 2 heteroatoms. The number of aliphatic hydroxyl groups is 1. The summed E-state index contributed by atoms with van der Waals surface area (Å²) in [5, 5.41) is 11.1. The third-order valence-corrected chi connectivity index (χ3v) is 8.02. The first-order valence-electron chi connectivity index (χ1n) is 9.48. The Bertz CT molecular complexity index is 597. The molecule has 4 aliphatic rings. The van der Waals surface area contributed by atoms with Crippen molar-refractivity contribution in [1.82, 2.24) is 0 Å². The second-order valence-electron chi connectivity index (χ2n) is 8.40. The largest absolute Gasteiger partial charge is 0.377 e. The fourth-order valence-electron chi connectivity index (χ4n) is 6.96. The molecule has 0 spiro atoms. The number of terminal acetylenes is 1. The van der Waals surface area contributed by atoms with Gasteiger partial charge >= 0.3 is 0 Å². The molecule has 0 aromatic carbocycles. The van der Waals surface area contributed by atoms with Crippen LogP contribution in [0.25, 0.3) is 0 Å². The van der Waals surface area contributed by atoms with Crippen LogP contribution >= 0.6 is 0 Å². The molecule has 0 aromatic heterocycles. The van der Waals surface area contributed by atoms with Crippen molar-refractivity contribution >= 4 is 5.78 Å². The van der Waals surface area contributed by atoms with Gasteiger partial charge in [-0.15, -0.1) is 6.42 Å². The summed E-state index contributed by atoms with van der Waals surface area (Å²) in [5.74, 6) is 5.73. The Hall–Kier alpha value is -1.07. The molecule has 124 valence electrons. The van der Waals surface area contributed by atoms with Crippen molar-refractivity contribution in [2.45, 2.75) is 70.3 Å². The maximum absolute atomic E-state index is 11.8. The lowest BCUT2D eigenvalue weighted by atomic mass is 9.49. The molecule has 2 nitrogen and oxygen atoms in total. The maximum atomic E-state index is 11.8. The van der Waals surface area contributed by atoms with Crippen LogP contribution < -0.4 is 0 Å². The molecule has 0 saturated heterocycles. The quantitative estimate of drug-likeness (QED) is 0.746. The van der Waals surface area contributed by atoms with Gasteiger partial charge in [-0.3, -0.25) is 4.79 Å². The van der Waals surface area contributed by atoms with Gasteiger partial charge in [0.05, 0.1) is 0 Å². The molecule has 4 rings (SSSR count). The Kier molecular flexibility index (Phi) is 3.50. The number of ketones is 1. The Morgan fingerprint density at radius 2 is 2.04 bits per heavy atom. The predicted molar refractivity (Wildman–Crippen MR) is 90.5 cm³/mol. The highest BCUT2D eigenvalue weighted by Gasteiger charge is 2.63. The van der Waals surface area contributed by atoms with E-state index in [0.717, 1.165) is 44.9 Å². The summed E-state index contributed by atoms with van der Waals surface area (Å²) in [4.78, 5) is 11.8. The lowest BCUT2D eigenvalue weighted by Gasteiger charge is -2.55. The van der Waals surface area contributed by atoms with Gasteiger partial charge in [-0.1, -0.05) is 18.4 Å². The van der Waals surface area contributed by atoms with Crippen LogP contribution in [0, 0.1) is 41.4 Å². The smallest absolute Gasteiger partial charge is 0.155 e. The zero-order chi connectivity index (χ0) is 16.2. The first-order valence-corrected chi connectivity index (χ1v) is 9.48. The van der Waals surface area contributed by atoms with E-state index < -0.39 is 5.60 Å². The molecule has 1 N–H and O–H groups in total. The number of fused-ring (bicyclic) bond motifs is 5. The molecule has 0 heterocycles. The average Bonchev–Trinajstić information content (AvgIpc) is 2.88. The van der Waals surface area contributed by atoms with Crippen molar-refractivity contribution in [3.05, 3.63) is 11.6 Å². The maximum Gasteiger partial charge on any atom is 0.155 e. The molecule has 0 radical (unpaired) electrons. The van der Waals surface area contributed by atoms with Gasteiger partial charge in [0.2, 0.25) is 0 Å². The van der Waals surface area contributed by atoms with Crippen LogP contribution in [0.2, 0.25) is 0 Å². The summed E-state index contributed by atoms with van der Waals surface area (Å²) >= 11 is 0. The van der Waals surface area contributed by atoms with E-state index in [-0.39, 0.29) is 5.41 Å². The number of hydrogen-bond acceptors (Lipinski definition) is 2. The van der Waals surface area contributed by atoms with Gasteiger partial charge in [-0.05, 0) is 81.1 Å². The molecular weight excluding hydrogens is 284 g/mol. The summed E-state index contributed by atoms with van der Waals surface area (Å²) in [5.41, 5.74) is 0.474. The monoisotopic (exact) mass is 312 g/mol. The number of rotatable bonds is 1. The molecule has 3 saturated carbocycles. The minimum atomic E-state index is -0.893. The molecule has 0 aliphatic heterocycles. The topological polar surface area (TPSA) is 37.3 Å². The first kappa shape index (κ1) is 15.5. The highest BCUT2D eigenvalue weighted by Crippen LogP contribution is 2.66.